The van der Waals surface area contributed by atoms with Crippen LogP contribution in [0.15, 0.2) is 42.0 Å². The second kappa shape index (κ2) is 4.80. The van der Waals surface area contributed by atoms with Gasteiger partial charge in [0.2, 0.25) is 0 Å². The van der Waals surface area contributed by atoms with E-state index in [0.29, 0.717) is 0 Å². The van der Waals surface area contributed by atoms with E-state index < -0.39 is 0 Å². The van der Waals surface area contributed by atoms with Crippen LogP contribution in [0.3, 0.4) is 0 Å². The van der Waals surface area contributed by atoms with E-state index in [4.69, 9.17) is 0 Å². The largest absolute Gasteiger partial charge is 0.0847 e. The molecule has 0 aliphatic carbocycles. The van der Waals surface area contributed by atoms with Crippen molar-refractivity contribution in [3.05, 3.63) is 53.1 Å². The first kappa shape index (κ1) is 10.8. The first-order valence-electron chi connectivity index (χ1n) is 5.01. The predicted molar refractivity (Wildman–Crippen MR) is 64.3 cm³/mol. The maximum Gasteiger partial charge on any atom is -0.0225 e. The third-order valence-electron chi connectivity index (χ3n) is 2.37. The van der Waals surface area contributed by atoms with E-state index in [2.05, 4.69) is 64.1 Å². The van der Waals surface area contributed by atoms with Crippen molar-refractivity contribution in [1.82, 2.24) is 0 Å². The van der Waals surface area contributed by atoms with Crippen LogP contribution in [-0.4, -0.2) is 0 Å². The van der Waals surface area contributed by atoms with Crippen molar-refractivity contribution in [2.45, 2.75) is 27.7 Å². The molecule has 1 rings (SSSR count). The molecule has 0 aliphatic rings. The minimum Gasteiger partial charge on any atom is -0.0847 e. The van der Waals surface area contributed by atoms with Gasteiger partial charge < -0.3 is 0 Å². The van der Waals surface area contributed by atoms with Crippen LogP contribution < -0.4 is 0 Å². The quantitative estimate of drug-likeness (QED) is 0.602. The summed E-state index contributed by atoms with van der Waals surface area (Å²) in [5, 5.41) is 0. The van der Waals surface area contributed by atoms with Crippen LogP contribution in [0, 0.1) is 6.92 Å². The lowest BCUT2D eigenvalue weighted by Crippen LogP contribution is -1.81. The molecule has 0 heteroatoms. The van der Waals surface area contributed by atoms with Gasteiger partial charge in [0, 0.05) is 0 Å². The second-order valence-electron chi connectivity index (χ2n) is 3.73. The number of hydrogen-bond donors (Lipinski definition) is 0. The van der Waals surface area contributed by atoms with Crippen LogP contribution in [0.4, 0.5) is 0 Å². The summed E-state index contributed by atoms with van der Waals surface area (Å²) in [4.78, 5) is 0. The molecule has 0 amide bonds. The fourth-order valence-electron chi connectivity index (χ4n) is 1.40. The lowest BCUT2D eigenvalue weighted by Gasteiger charge is -2.03. The van der Waals surface area contributed by atoms with Gasteiger partial charge in [0.1, 0.15) is 0 Å². The van der Waals surface area contributed by atoms with E-state index in [1.807, 2.05) is 0 Å². The predicted octanol–water partition coefficient (Wildman–Crippen LogP) is 4.36. The number of rotatable bonds is 2. The van der Waals surface area contributed by atoms with Gasteiger partial charge in [-0.3, -0.25) is 0 Å². The van der Waals surface area contributed by atoms with E-state index in [1.54, 1.807) is 0 Å². The van der Waals surface area contributed by atoms with Crippen molar-refractivity contribution in [2.75, 3.05) is 0 Å². The Bertz CT molecular complexity index is 367. The third kappa shape index (κ3) is 2.88. The number of aryl methyl sites for hydroxylation is 1. The fraction of sp³-hybridized carbons (Fsp3) is 0.286. The van der Waals surface area contributed by atoms with Crippen LogP contribution in [0.25, 0.3) is 5.57 Å². The molecule has 14 heavy (non-hydrogen) atoms. The van der Waals surface area contributed by atoms with Crippen LogP contribution in [-0.2, 0) is 0 Å². The Morgan fingerprint density at radius 3 is 2.50 bits per heavy atom. The molecule has 0 saturated heterocycles. The van der Waals surface area contributed by atoms with E-state index >= 15 is 0 Å². The summed E-state index contributed by atoms with van der Waals surface area (Å²) >= 11 is 0. The molecule has 1 aromatic carbocycles. The molecule has 74 valence electrons. The van der Waals surface area contributed by atoms with Gasteiger partial charge in [0.25, 0.3) is 0 Å². The maximum atomic E-state index is 2.22. The maximum absolute atomic E-state index is 2.22. The van der Waals surface area contributed by atoms with Gasteiger partial charge >= 0.3 is 0 Å². The van der Waals surface area contributed by atoms with Crippen LogP contribution in [0.2, 0.25) is 0 Å². The third-order valence-corrected chi connectivity index (χ3v) is 2.37. The average Bonchev–Trinajstić information content (AvgIpc) is 2.17. The lowest BCUT2D eigenvalue weighted by atomic mass is 10.0. The topological polar surface area (TPSA) is 0 Å². The Balaban J connectivity index is 3.00. The summed E-state index contributed by atoms with van der Waals surface area (Å²) in [7, 11) is 0. The summed E-state index contributed by atoms with van der Waals surface area (Å²) in [5.74, 6) is 0. The highest BCUT2D eigenvalue weighted by Gasteiger charge is 1.95. The molecule has 1 aromatic rings. The van der Waals surface area contributed by atoms with Gasteiger partial charge in [-0.15, -0.1) is 0 Å². The molecule has 0 saturated carbocycles. The van der Waals surface area contributed by atoms with Gasteiger partial charge in [-0.2, -0.15) is 0 Å². The Morgan fingerprint density at radius 2 is 1.93 bits per heavy atom. The highest BCUT2D eigenvalue weighted by atomic mass is 14.0. The first-order valence-corrected chi connectivity index (χ1v) is 5.01. The van der Waals surface area contributed by atoms with Gasteiger partial charge in [0.15, 0.2) is 0 Å². The van der Waals surface area contributed by atoms with E-state index in [0.717, 1.165) is 0 Å². The summed E-state index contributed by atoms with van der Waals surface area (Å²) in [5.41, 5.74) is 5.26. The van der Waals surface area contributed by atoms with Crippen molar-refractivity contribution < 1.29 is 0 Å². The molecule has 0 atom stereocenters. The fourth-order valence-corrected chi connectivity index (χ4v) is 1.40. The molecule has 0 nitrogen and oxygen atoms in total. The Labute approximate surface area is 87.0 Å². The molecule has 0 aliphatic heterocycles. The van der Waals surface area contributed by atoms with Gasteiger partial charge in [-0.1, -0.05) is 47.6 Å². The van der Waals surface area contributed by atoms with Gasteiger partial charge in [-0.25, -0.2) is 0 Å². The molecule has 0 aromatic heterocycles. The summed E-state index contributed by atoms with van der Waals surface area (Å²) in [6.07, 6.45) is 4.34. The first-order chi connectivity index (χ1) is 6.63. The van der Waals surface area contributed by atoms with Crippen molar-refractivity contribution in [3.63, 3.8) is 0 Å². The molecule has 0 N–H and O–H groups in total. The zero-order chi connectivity index (χ0) is 10.6. The lowest BCUT2D eigenvalue weighted by molar-refractivity contribution is 1.42. The van der Waals surface area contributed by atoms with Crippen LogP contribution in [0.1, 0.15) is 31.9 Å². The van der Waals surface area contributed by atoms with Crippen molar-refractivity contribution in [1.29, 1.82) is 0 Å². The zero-order valence-electron chi connectivity index (χ0n) is 9.46. The molecular formula is C14H18. The normalized spacial score (nSPS) is 13.1. The van der Waals surface area contributed by atoms with E-state index in [1.165, 1.54) is 22.3 Å². The smallest absolute Gasteiger partial charge is 0.0225 e. The van der Waals surface area contributed by atoms with Crippen molar-refractivity contribution >= 4 is 5.57 Å². The minimum absolute atomic E-state index is 1.31. The molecule has 0 unspecified atom stereocenters. The number of hydrogen-bond acceptors (Lipinski definition) is 0. The highest BCUT2D eigenvalue weighted by Crippen LogP contribution is 2.16. The average molecular weight is 186 g/mol. The molecular weight excluding hydrogens is 168 g/mol. The van der Waals surface area contributed by atoms with Crippen LogP contribution >= 0.6 is 0 Å². The molecule has 0 radical (unpaired) electrons. The minimum atomic E-state index is 1.31. The Morgan fingerprint density at radius 1 is 1.21 bits per heavy atom. The van der Waals surface area contributed by atoms with Crippen LogP contribution in [0.5, 0.6) is 0 Å². The Hall–Kier alpha value is -1.30. The monoisotopic (exact) mass is 186 g/mol. The standard InChI is InChI=1S/C14H18/c1-5-11(2)9-13(4)14-8-6-7-12(3)10-14/h5-10H,1-4H3/b11-5-,13-9+. The summed E-state index contributed by atoms with van der Waals surface area (Å²) in [6, 6.07) is 8.60. The Kier molecular flexibility index (Phi) is 3.70. The van der Waals surface area contributed by atoms with Gasteiger partial charge in [0.05, 0.1) is 0 Å². The number of benzene rings is 1. The zero-order valence-corrected chi connectivity index (χ0v) is 9.46. The molecule has 0 heterocycles. The summed E-state index contributed by atoms with van der Waals surface area (Å²) in [6.45, 7) is 8.47. The molecule has 0 fully saturated rings. The van der Waals surface area contributed by atoms with Crippen molar-refractivity contribution in [3.8, 4) is 0 Å². The molecule has 0 spiro atoms. The summed E-state index contributed by atoms with van der Waals surface area (Å²) < 4.78 is 0. The van der Waals surface area contributed by atoms with Crippen molar-refractivity contribution in [2.24, 2.45) is 0 Å². The highest BCUT2D eigenvalue weighted by molar-refractivity contribution is 5.66. The van der Waals surface area contributed by atoms with Gasteiger partial charge in [-0.05, 0) is 38.8 Å². The molecule has 0 bridgehead atoms. The van der Waals surface area contributed by atoms with E-state index in [9.17, 15) is 0 Å². The van der Waals surface area contributed by atoms with E-state index in [-0.39, 0.29) is 0 Å². The number of allylic oxidation sites excluding steroid dienone is 4. The second-order valence-corrected chi connectivity index (χ2v) is 3.73. The SMILES string of the molecule is C/C=C(C)\C=C(/C)c1cccc(C)c1.